The highest BCUT2D eigenvalue weighted by molar-refractivity contribution is 6.24. The van der Waals surface area contributed by atoms with Gasteiger partial charge in [-0.2, -0.15) is 4.58 Å². The molecule has 0 bridgehead atoms. The lowest BCUT2D eigenvalue weighted by Crippen LogP contribution is -2.33. The molecule has 8 heteroatoms. The van der Waals surface area contributed by atoms with Crippen LogP contribution in [0.5, 0.6) is 0 Å². The number of fused-ring (bicyclic) bond motifs is 2. The summed E-state index contributed by atoms with van der Waals surface area (Å²) < 4.78 is 8.14. The van der Waals surface area contributed by atoms with Crippen LogP contribution in [0.25, 0.3) is 0 Å². The third-order valence-corrected chi connectivity index (χ3v) is 9.54. The predicted molar refractivity (Wildman–Crippen MR) is 181 cm³/mol. The van der Waals surface area contributed by atoms with Crippen LogP contribution in [0.4, 0.5) is 22.7 Å². The van der Waals surface area contributed by atoms with Crippen LogP contribution >= 0.6 is 0 Å². The fourth-order valence-corrected chi connectivity index (χ4v) is 7.09. The summed E-state index contributed by atoms with van der Waals surface area (Å²) in [4.78, 5) is 40.0. The Balaban J connectivity index is 1.64. The average Bonchev–Trinajstić information content (AvgIpc) is 3.35. The van der Waals surface area contributed by atoms with Gasteiger partial charge >= 0.3 is 0 Å². The topological polar surface area (TPSA) is 91.4 Å². The monoisotopic (exact) mass is 609 g/mol. The summed E-state index contributed by atoms with van der Waals surface area (Å²) in [5.74, 6) is 1.39. The van der Waals surface area contributed by atoms with Gasteiger partial charge in [0.05, 0.1) is 29.2 Å². The molecule has 0 unspecified atom stereocenters. The van der Waals surface area contributed by atoms with Crippen LogP contribution in [0.2, 0.25) is 0 Å². The Hall–Kier alpha value is -4.20. The smallest absolute Gasteiger partial charge is 0.212 e. The molecule has 0 N–H and O–H groups in total. The number of benzene rings is 2. The summed E-state index contributed by atoms with van der Waals surface area (Å²) in [7, 11) is 1.60. The van der Waals surface area contributed by atoms with E-state index < -0.39 is 10.8 Å². The van der Waals surface area contributed by atoms with E-state index in [9.17, 15) is 14.6 Å². The van der Waals surface area contributed by atoms with Crippen LogP contribution in [0, 0.1) is 21.6 Å². The Morgan fingerprint density at radius 1 is 0.867 bits per heavy atom. The van der Waals surface area contributed by atoms with Crippen molar-refractivity contribution < 1.29 is 14.1 Å². The number of hydrogen-bond donors (Lipinski definition) is 0. The molecular formula is C37H45N4O4+. The second kappa shape index (κ2) is 12.0. The first kappa shape index (κ1) is 32.2. The fourth-order valence-electron chi connectivity index (χ4n) is 7.09. The highest BCUT2D eigenvalue weighted by Gasteiger charge is 2.49. The zero-order valence-electron chi connectivity index (χ0n) is 28.0. The summed E-state index contributed by atoms with van der Waals surface area (Å²) >= 11 is 0. The van der Waals surface area contributed by atoms with E-state index in [0.29, 0.717) is 40.1 Å². The number of allylic oxidation sites excluding steroid dienone is 5. The second-order valence-electron chi connectivity index (χ2n) is 14.2. The van der Waals surface area contributed by atoms with E-state index in [-0.39, 0.29) is 5.78 Å². The summed E-state index contributed by atoms with van der Waals surface area (Å²) in [6.45, 7) is 18.5. The molecule has 0 aromatic heterocycles. The van der Waals surface area contributed by atoms with Crippen molar-refractivity contribution in [1.82, 2.24) is 0 Å². The van der Waals surface area contributed by atoms with Gasteiger partial charge < -0.3 is 9.64 Å². The number of rotatable bonds is 11. The van der Waals surface area contributed by atoms with Gasteiger partial charge in [0.15, 0.2) is 5.71 Å². The molecular weight excluding hydrogens is 564 g/mol. The molecule has 8 nitrogen and oxygen atoms in total. The first-order valence-corrected chi connectivity index (χ1v) is 15.9. The maximum absolute atomic E-state index is 14.0. The van der Waals surface area contributed by atoms with E-state index in [2.05, 4.69) is 75.2 Å². The largest absolute Gasteiger partial charge is 0.495 e. The molecule has 5 rings (SSSR count). The quantitative estimate of drug-likeness (QED) is 0.144. The van der Waals surface area contributed by atoms with E-state index in [1.165, 1.54) is 0 Å². The molecule has 236 valence electrons. The number of Topliss-reactive ketones (excluding diaryl/α,β-unsaturated/α-hetero) is 1. The van der Waals surface area contributed by atoms with Crippen LogP contribution in [-0.4, -0.2) is 36.3 Å². The van der Waals surface area contributed by atoms with E-state index >= 15 is 0 Å². The maximum Gasteiger partial charge on any atom is 0.212 e. The SMILES string of the molecule is COC1=C(C=C2N(CCC(C)C)c3cccc(N=O)c3C2(C)C)C(=O)C1=CC1=[N+](CCC(C)C)c2cccc(N=O)c2C1(C)C. The number of carbonyl (C=O) groups is 1. The van der Waals surface area contributed by atoms with Gasteiger partial charge in [-0.25, -0.2) is 0 Å². The number of hydrogen-bond acceptors (Lipinski definition) is 7. The number of ether oxygens (including phenoxy) is 1. The van der Waals surface area contributed by atoms with Crippen molar-refractivity contribution in [2.24, 2.45) is 22.2 Å². The lowest BCUT2D eigenvalue weighted by atomic mass is 9.77. The Morgan fingerprint density at radius 2 is 1.49 bits per heavy atom. The number of ketones is 1. The van der Waals surface area contributed by atoms with Crippen LogP contribution in [0.3, 0.4) is 0 Å². The minimum absolute atomic E-state index is 0.0968. The van der Waals surface area contributed by atoms with Gasteiger partial charge in [0.25, 0.3) is 0 Å². The van der Waals surface area contributed by atoms with Crippen LogP contribution in [0.1, 0.15) is 79.4 Å². The first-order chi connectivity index (χ1) is 21.3. The van der Waals surface area contributed by atoms with Crippen molar-refractivity contribution >= 4 is 34.2 Å². The summed E-state index contributed by atoms with van der Waals surface area (Å²) in [5, 5.41) is 6.71. The highest BCUT2D eigenvalue weighted by Crippen LogP contribution is 2.53. The maximum atomic E-state index is 14.0. The van der Waals surface area contributed by atoms with Crippen molar-refractivity contribution in [3.05, 3.63) is 92.1 Å². The van der Waals surface area contributed by atoms with Crippen molar-refractivity contribution in [3.63, 3.8) is 0 Å². The van der Waals surface area contributed by atoms with Gasteiger partial charge in [-0.05, 0) is 66.7 Å². The summed E-state index contributed by atoms with van der Waals surface area (Å²) in [6, 6.07) is 11.3. The number of methoxy groups -OCH3 is 1. The summed E-state index contributed by atoms with van der Waals surface area (Å²) in [5.41, 5.74) is 6.26. The molecule has 0 spiro atoms. The third kappa shape index (κ3) is 5.28. The molecule has 0 atom stereocenters. The number of anilines is 1. The molecule has 2 aromatic carbocycles. The van der Waals surface area contributed by atoms with E-state index in [1.54, 1.807) is 19.2 Å². The number of nitrogens with zero attached hydrogens (tertiary/aromatic N) is 4. The zero-order valence-corrected chi connectivity index (χ0v) is 28.0. The molecule has 45 heavy (non-hydrogen) atoms. The minimum Gasteiger partial charge on any atom is -0.495 e. The van der Waals surface area contributed by atoms with Crippen molar-refractivity contribution in [3.8, 4) is 0 Å². The molecule has 0 amide bonds. The Morgan fingerprint density at radius 3 is 2.09 bits per heavy atom. The fraction of sp³-hybridized carbons (Fsp3) is 0.459. The van der Waals surface area contributed by atoms with Crippen LogP contribution < -0.4 is 4.90 Å². The molecule has 0 fully saturated rings. The Labute approximate surface area is 266 Å². The molecule has 0 saturated heterocycles. The normalized spacial score (nSPS) is 20.0. The van der Waals surface area contributed by atoms with E-state index in [0.717, 1.165) is 59.8 Å². The Bertz CT molecular complexity index is 1700. The third-order valence-electron chi connectivity index (χ3n) is 9.54. The molecule has 2 heterocycles. The minimum atomic E-state index is -0.557. The van der Waals surface area contributed by atoms with Crippen LogP contribution in [0.15, 0.2) is 81.5 Å². The first-order valence-electron chi connectivity index (χ1n) is 15.9. The van der Waals surface area contributed by atoms with Gasteiger partial charge in [0.1, 0.15) is 23.7 Å². The van der Waals surface area contributed by atoms with E-state index in [1.807, 2.05) is 36.4 Å². The van der Waals surface area contributed by atoms with Crippen LogP contribution in [-0.2, 0) is 20.4 Å². The lowest BCUT2D eigenvalue weighted by Gasteiger charge is -2.30. The highest BCUT2D eigenvalue weighted by atomic mass is 16.5. The standard InChI is InChI=1S/C37H45N4O4/c1-22(2)16-18-40-28-14-10-12-26(38-43)32(28)36(5,6)30(40)20-24-34(42)25(35(24)45-9)21-31-37(7,8)33-27(39-44)13-11-15-29(33)41(31)19-17-23(3)4/h10-15,20-23H,16-19H2,1-9H3/q+1. The van der Waals surface area contributed by atoms with Gasteiger partial charge in [-0.1, -0.05) is 53.7 Å². The van der Waals surface area contributed by atoms with Gasteiger partial charge in [-0.3, -0.25) is 4.79 Å². The Kier molecular flexibility index (Phi) is 8.55. The molecule has 0 radical (unpaired) electrons. The molecule has 2 aliphatic heterocycles. The number of nitroso groups, excluding NO2 is 2. The molecule has 1 aliphatic carbocycles. The predicted octanol–water partition coefficient (Wildman–Crippen LogP) is 9.04. The van der Waals surface area contributed by atoms with Crippen molar-refractivity contribution in [2.45, 2.75) is 79.1 Å². The number of carbonyl (C=O) groups excluding carboxylic acids is 1. The summed E-state index contributed by atoms with van der Waals surface area (Å²) in [6.07, 6.45) is 5.77. The van der Waals surface area contributed by atoms with Gasteiger partial charge in [0.2, 0.25) is 11.5 Å². The molecule has 3 aliphatic rings. The lowest BCUT2D eigenvalue weighted by molar-refractivity contribution is -0.439. The van der Waals surface area contributed by atoms with E-state index in [4.69, 9.17) is 4.74 Å². The van der Waals surface area contributed by atoms with Crippen molar-refractivity contribution in [1.29, 1.82) is 0 Å². The second-order valence-corrected chi connectivity index (χ2v) is 14.2. The average molecular weight is 610 g/mol. The molecule has 0 saturated carbocycles. The van der Waals surface area contributed by atoms with Gasteiger partial charge in [-0.15, -0.1) is 9.81 Å². The molecule has 2 aromatic rings. The van der Waals surface area contributed by atoms with Gasteiger partial charge in [0, 0.05) is 47.5 Å². The zero-order chi connectivity index (χ0) is 32.8. The van der Waals surface area contributed by atoms with Crippen molar-refractivity contribution in [2.75, 3.05) is 25.1 Å².